The lowest BCUT2D eigenvalue weighted by Crippen LogP contribution is -2.51. The van der Waals surface area contributed by atoms with Crippen LogP contribution in [0.1, 0.15) is 24.7 Å². The van der Waals surface area contributed by atoms with Gasteiger partial charge in [0.25, 0.3) is 0 Å². The van der Waals surface area contributed by atoms with E-state index in [1.165, 1.54) is 11.0 Å². The summed E-state index contributed by atoms with van der Waals surface area (Å²) in [6, 6.07) is 8.33. The Hall–Kier alpha value is -2.95. The Balaban J connectivity index is 1.27. The first-order valence-corrected chi connectivity index (χ1v) is 12.9. The summed E-state index contributed by atoms with van der Waals surface area (Å²) in [5, 5.41) is 2.12. The molecule has 3 aromatic rings. The van der Waals surface area contributed by atoms with E-state index in [9.17, 15) is 18.0 Å². The molecule has 0 radical (unpaired) electrons. The molecular weight excluding hydrogens is 478 g/mol. The Morgan fingerprint density at radius 1 is 1.21 bits per heavy atom. The predicted molar refractivity (Wildman–Crippen MR) is 127 cm³/mol. The number of aromatic amines is 1. The number of carbonyl (C=O) groups is 2. The molecule has 3 heterocycles. The summed E-state index contributed by atoms with van der Waals surface area (Å²) in [7, 11) is -3.93. The Bertz CT molecular complexity index is 1390. The average Bonchev–Trinajstić information content (AvgIpc) is 3.43. The van der Waals surface area contributed by atoms with Crippen LogP contribution in [0.15, 0.2) is 47.6 Å². The quantitative estimate of drug-likeness (QED) is 0.555. The summed E-state index contributed by atoms with van der Waals surface area (Å²) >= 11 is 6.00. The number of sulfonamides is 1. The van der Waals surface area contributed by atoms with Crippen LogP contribution in [0.25, 0.3) is 10.8 Å². The first-order chi connectivity index (χ1) is 16.2. The van der Waals surface area contributed by atoms with Gasteiger partial charge in [-0.1, -0.05) is 23.7 Å². The topological polar surface area (TPSA) is 115 Å². The lowest BCUT2D eigenvalue weighted by Gasteiger charge is -2.32. The van der Waals surface area contributed by atoms with Crippen LogP contribution in [0, 0.1) is 0 Å². The molecule has 2 aliphatic heterocycles. The second-order valence-corrected chi connectivity index (χ2v) is 10.8. The van der Waals surface area contributed by atoms with Gasteiger partial charge in [0, 0.05) is 24.5 Å². The van der Waals surface area contributed by atoms with Crippen LogP contribution in [-0.2, 0) is 32.6 Å². The normalized spacial score (nSPS) is 19.5. The fourth-order valence-corrected chi connectivity index (χ4v) is 6.05. The number of likely N-dealkylation sites (tertiary alicyclic amines) is 1. The lowest BCUT2D eigenvalue weighted by molar-refractivity contribution is -0.144. The average molecular weight is 502 g/mol. The van der Waals surface area contributed by atoms with E-state index in [0.29, 0.717) is 37.5 Å². The highest BCUT2D eigenvalue weighted by Crippen LogP contribution is 2.25. The smallest absolute Gasteiger partial charge is 0.245 e. The zero-order valence-electron chi connectivity index (χ0n) is 18.5. The zero-order valence-corrected chi connectivity index (χ0v) is 20.1. The molecule has 2 atom stereocenters. The van der Waals surface area contributed by atoms with Crippen molar-refractivity contribution in [2.45, 2.75) is 43.3 Å². The molecule has 0 aliphatic carbocycles. The minimum atomic E-state index is -3.93. The van der Waals surface area contributed by atoms with E-state index in [-0.39, 0.29) is 10.8 Å². The highest BCUT2D eigenvalue weighted by atomic mass is 35.5. The maximum atomic E-state index is 13.1. The number of carbonyl (C=O) groups excluding carboxylic acids is 2. The number of H-pyrrole nitrogens is 1. The Morgan fingerprint density at radius 2 is 1.97 bits per heavy atom. The molecule has 1 saturated heterocycles. The minimum absolute atomic E-state index is 0.0707. The van der Waals surface area contributed by atoms with Crippen molar-refractivity contribution in [2.75, 3.05) is 13.1 Å². The van der Waals surface area contributed by atoms with E-state index in [2.05, 4.69) is 14.7 Å². The minimum Gasteiger partial charge on any atom is -0.347 e. The summed E-state index contributed by atoms with van der Waals surface area (Å²) < 4.78 is 28.5. The molecule has 1 unspecified atom stereocenters. The third-order valence-corrected chi connectivity index (χ3v) is 8.24. The standard InChI is InChI=1S/C23H24ClN5O4S/c1-14(22(30)28-8-6-19-21(12-28)26-13-25-19)29-9-7-20(23(29)31)27-34(32,33)18-5-3-15-10-17(24)4-2-16(15)11-18/h2-5,10-11,13-14,20,27H,6-9,12H2,1H3,(H,25,26)/t14-,20?/m0/s1. The highest BCUT2D eigenvalue weighted by molar-refractivity contribution is 7.89. The molecule has 2 aromatic carbocycles. The largest absolute Gasteiger partial charge is 0.347 e. The number of hydrogen-bond donors (Lipinski definition) is 2. The fraction of sp³-hybridized carbons (Fsp3) is 0.348. The number of aromatic nitrogens is 2. The molecule has 2 N–H and O–H groups in total. The van der Waals surface area contributed by atoms with E-state index in [0.717, 1.165) is 22.2 Å². The number of nitrogens with one attached hydrogen (secondary N) is 2. The highest BCUT2D eigenvalue weighted by Gasteiger charge is 2.40. The summed E-state index contributed by atoms with van der Waals surface area (Å²) in [5.41, 5.74) is 1.86. The van der Waals surface area contributed by atoms with Gasteiger partial charge < -0.3 is 14.8 Å². The second-order valence-electron chi connectivity index (χ2n) is 8.66. The fourth-order valence-electron chi connectivity index (χ4n) is 4.61. The van der Waals surface area contributed by atoms with Gasteiger partial charge in [0.05, 0.1) is 29.2 Å². The Labute approximate surface area is 202 Å². The molecule has 1 aromatic heterocycles. The van der Waals surface area contributed by atoms with Crippen molar-refractivity contribution in [3.63, 3.8) is 0 Å². The molecule has 34 heavy (non-hydrogen) atoms. The maximum Gasteiger partial charge on any atom is 0.245 e. The van der Waals surface area contributed by atoms with Crippen LogP contribution in [0.2, 0.25) is 5.02 Å². The summed E-state index contributed by atoms with van der Waals surface area (Å²) in [6.45, 7) is 2.95. The van der Waals surface area contributed by atoms with Gasteiger partial charge in [-0.15, -0.1) is 0 Å². The number of benzene rings is 2. The molecule has 178 valence electrons. The molecular formula is C23H24ClN5O4S. The van der Waals surface area contributed by atoms with Gasteiger partial charge >= 0.3 is 0 Å². The molecule has 5 rings (SSSR count). The summed E-state index contributed by atoms with van der Waals surface area (Å²) in [5.74, 6) is -0.554. The molecule has 2 amide bonds. The van der Waals surface area contributed by atoms with Crippen molar-refractivity contribution < 1.29 is 18.0 Å². The molecule has 1 fully saturated rings. The summed E-state index contributed by atoms with van der Waals surface area (Å²) in [6.07, 6.45) is 2.57. The van der Waals surface area contributed by atoms with E-state index >= 15 is 0 Å². The van der Waals surface area contributed by atoms with E-state index in [1.807, 2.05) is 0 Å². The number of hydrogen-bond acceptors (Lipinski definition) is 5. The van der Waals surface area contributed by atoms with Crippen LogP contribution < -0.4 is 4.72 Å². The number of rotatable bonds is 5. The van der Waals surface area contributed by atoms with Crippen molar-refractivity contribution >= 4 is 44.2 Å². The van der Waals surface area contributed by atoms with E-state index in [1.54, 1.807) is 48.5 Å². The Morgan fingerprint density at radius 3 is 2.79 bits per heavy atom. The van der Waals surface area contributed by atoms with Gasteiger partial charge in [0.1, 0.15) is 12.1 Å². The van der Waals surface area contributed by atoms with Gasteiger partial charge in [-0.25, -0.2) is 13.4 Å². The second kappa shape index (κ2) is 8.68. The van der Waals surface area contributed by atoms with E-state index < -0.39 is 28.0 Å². The van der Waals surface area contributed by atoms with Gasteiger partial charge in [-0.2, -0.15) is 4.72 Å². The third kappa shape index (κ3) is 4.17. The zero-order chi connectivity index (χ0) is 24.0. The van der Waals surface area contributed by atoms with Crippen LogP contribution in [-0.4, -0.2) is 65.2 Å². The molecule has 0 spiro atoms. The molecule has 0 bridgehead atoms. The first kappa shape index (κ1) is 22.8. The maximum absolute atomic E-state index is 13.1. The molecule has 11 heteroatoms. The number of nitrogens with zero attached hydrogens (tertiary/aromatic N) is 3. The van der Waals surface area contributed by atoms with Gasteiger partial charge in [0.2, 0.25) is 21.8 Å². The first-order valence-electron chi connectivity index (χ1n) is 11.0. The van der Waals surface area contributed by atoms with Crippen molar-refractivity contribution in [2.24, 2.45) is 0 Å². The van der Waals surface area contributed by atoms with Gasteiger partial charge in [-0.05, 0) is 48.4 Å². The SMILES string of the molecule is C[C@@H](C(=O)N1CCc2nc[nH]c2C1)N1CCC(NS(=O)(=O)c2ccc3cc(Cl)ccc3c2)C1=O. The third-order valence-electron chi connectivity index (χ3n) is 6.53. The lowest BCUT2D eigenvalue weighted by atomic mass is 10.1. The molecule has 9 nitrogen and oxygen atoms in total. The number of imidazole rings is 1. The monoisotopic (exact) mass is 501 g/mol. The van der Waals surface area contributed by atoms with Crippen molar-refractivity contribution in [3.8, 4) is 0 Å². The summed E-state index contributed by atoms with van der Waals surface area (Å²) in [4.78, 5) is 36.7. The van der Waals surface area contributed by atoms with Crippen molar-refractivity contribution in [1.29, 1.82) is 0 Å². The van der Waals surface area contributed by atoms with Crippen LogP contribution >= 0.6 is 11.6 Å². The van der Waals surface area contributed by atoms with Gasteiger partial charge in [0.15, 0.2) is 0 Å². The van der Waals surface area contributed by atoms with E-state index in [4.69, 9.17) is 11.6 Å². The van der Waals surface area contributed by atoms with Crippen LogP contribution in [0.3, 0.4) is 0 Å². The molecule has 0 saturated carbocycles. The van der Waals surface area contributed by atoms with Crippen LogP contribution in [0.5, 0.6) is 0 Å². The predicted octanol–water partition coefficient (Wildman–Crippen LogP) is 2.07. The molecule has 2 aliphatic rings. The number of halogens is 1. The Kier molecular flexibility index (Phi) is 5.83. The van der Waals surface area contributed by atoms with Gasteiger partial charge in [-0.3, -0.25) is 9.59 Å². The van der Waals surface area contributed by atoms with Crippen molar-refractivity contribution in [3.05, 3.63) is 59.1 Å². The van der Waals surface area contributed by atoms with Crippen molar-refractivity contribution in [1.82, 2.24) is 24.5 Å². The van der Waals surface area contributed by atoms with Crippen LogP contribution in [0.4, 0.5) is 0 Å². The number of amides is 2. The number of fused-ring (bicyclic) bond motifs is 2.